The van der Waals surface area contributed by atoms with E-state index in [1.54, 1.807) is 7.11 Å². The molecule has 1 N–H and O–H groups in total. The predicted molar refractivity (Wildman–Crippen MR) is 105 cm³/mol. The van der Waals surface area contributed by atoms with Gasteiger partial charge in [0.2, 0.25) is 0 Å². The number of carbonyl (C=O) groups excluding carboxylic acids is 1. The standard InChI is InChI=1S/C21H25N3O3/c1-15(2)14-19-23-20(18-6-4-5-12-24(18)19)21(25)22-11-13-27-17-9-7-16(26-3)8-10-17/h4-10,12,15H,11,13-14H2,1-3H3,(H,22,25). The number of ether oxygens (including phenoxy) is 2. The summed E-state index contributed by atoms with van der Waals surface area (Å²) in [5.41, 5.74) is 1.28. The molecule has 0 aliphatic rings. The summed E-state index contributed by atoms with van der Waals surface area (Å²) in [6, 6.07) is 13.1. The number of pyridine rings is 1. The molecule has 0 atom stereocenters. The molecule has 27 heavy (non-hydrogen) atoms. The lowest BCUT2D eigenvalue weighted by atomic mass is 10.1. The Morgan fingerprint density at radius 3 is 2.59 bits per heavy atom. The van der Waals surface area contributed by atoms with Gasteiger partial charge in [-0.05, 0) is 42.3 Å². The van der Waals surface area contributed by atoms with Gasteiger partial charge in [0.25, 0.3) is 5.91 Å². The fourth-order valence-electron chi connectivity index (χ4n) is 2.87. The average molecular weight is 367 g/mol. The molecule has 0 bridgehead atoms. The van der Waals surface area contributed by atoms with Crippen molar-refractivity contribution in [2.24, 2.45) is 5.92 Å². The largest absolute Gasteiger partial charge is 0.497 e. The van der Waals surface area contributed by atoms with Crippen LogP contribution in [0.1, 0.15) is 30.2 Å². The Bertz CT molecular complexity index is 901. The van der Waals surface area contributed by atoms with Crippen LogP contribution in [-0.4, -0.2) is 35.6 Å². The highest BCUT2D eigenvalue weighted by molar-refractivity contribution is 5.99. The fraction of sp³-hybridized carbons (Fsp3) is 0.333. The van der Waals surface area contributed by atoms with Crippen molar-refractivity contribution in [2.45, 2.75) is 20.3 Å². The number of fused-ring (bicyclic) bond motifs is 1. The highest BCUT2D eigenvalue weighted by atomic mass is 16.5. The van der Waals surface area contributed by atoms with E-state index in [4.69, 9.17) is 9.47 Å². The van der Waals surface area contributed by atoms with Crippen molar-refractivity contribution in [2.75, 3.05) is 20.3 Å². The predicted octanol–water partition coefficient (Wildman–Crippen LogP) is 3.35. The summed E-state index contributed by atoms with van der Waals surface area (Å²) in [7, 11) is 1.62. The molecule has 0 aliphatic heterocycles. The fourth-order valence-corrected chi connectivity index (χ4v) is 2.87. The van der Waals surface area contributed by atoms with Crippen molar-refractivity contribution in [1.82, 2.24) is 14.7 Å². The number of aromatic nitrogens is 2. The van der Waals surface area contributed by atoms with Crippen molar-refractivity contribution >= 4 is 11.4 Å². The molecular formula is C21H25N3O3. The highest BCUT2D eigenvalue weighted by Gasteiger charge is 2.17. The van der Waals surface area contributed by atoms with Crippen molar-refractivity contribution in [1.29, 1.82) is 0 Å². The van der Waals surface area contributed by atoms with Gasteiger partial charge in [-0.25, -0.2) is 4.98 Å². The minimum atomic E-state index is -0.188. The maximum absolute atomic E-state index is 12.6. The molecule has 0 unspecified atom stereocenters. The lowest BCUT2D eigenvalue weighted by molar-refractivity contribution is 0.0944. The molecule has 6 heteroatoms. The maximum atomic E-state index is 12.6. The van der Waals surface area contributed by atoms with E-state index in [0.717, 1.165) is 29.3 Å². The van der Waals surface area contributed by atoms with Crippen LogP contribution >= 0.6 is 0 Å². The van der Waals surface area contributed by atoms with Crippen molar-refractivity contribution in [3.8, 4) is 11.5 Å². The van der Waals surface area contributed by atoms with E-state index in [0.29, 0.717) is 24.8 Å². The van der Waals surface area contributed by atoms with Crippen LogP contribution in [-0.2, 0) is 6.42 Å². The van der Waals surface area contributed by atoms with Crippen LogP contribution in [0.2, 0.25) is 0 Å². The quantitative estimate of drug-likeness (QED) is 0.620. The number of nitrogens with zero attached hydrogens (tertiary/aromatic N) is 2. The first-order chi connectivity index (χ1) is 13.1. The molecule has 0 saturated carbocycles. The van der Waals surface area contributed by atoms with Crippen LogP contribution in [0.25, 0.3) is 5.52 Å². The SMILES string of the molecule is COc1ccc(OCCNC(=O)c2nc(CC(C)C)n3ccccc23)cc1. The summed E-state index contributed by atoms with van der Waals surface area (Å²) >= 11 is 0. The topological polar surface area (TPSA) is 64.9 Å². The second-order valence-electron chi connectivity index (χ2n) is 6.71. The van der Waals surface area contributed by atoms with Crippen LogP contribution in [0.5, 0.6) is 11.5 Å². The summed E-state index contributed by atoms with van der Waals surface area (Å²) in [5, 5.41) is 2.89. The number of nitrogens with one attached hydrogen (secondary N) is 1. The van der Waals surface area contributed by atoms with Gasteiger partial charge in [0.05, 0.1) is 19.2 Å². The number of carbonyl (C=O) groups is 1. The third kappa shape index (κ3) is 4.58. The molecule has 3 aromatic rings. The first kappa shape index (κ1) is 18.8. The summed E-state index contributed by atoms with van der Waals surface area (Å²) in [5.74, 6) is 2.69. The molecule has 0 radical (unpaired) electrons. The Morgan fingerprint density at radius 2 is 1.89 bits per heavy atom. The summed E-state index contributed by atoms with van der Waals surface area (Å²) < 4.78 is 12.7. The Balaban J connectivity index is 1.60. The monoisotopic (exact) mass is 367 g/mol. The minimum absolute atomic E-state index is 0.188. The Morgan fingerprint density at radius 1 is 1.15 bits per heavy atom. The molecular weight excluding hydrogens is 342 g/mol. The van der Waals surface area contributed by atoms with Crippen LogP contribution in [0.15, 0.2) is 48.7 Å². The first-order valence-corrected chi connectivity index (χ1v) is 9.09. The lowest BCUT2D eigenvalue weighted by Crippen LogP contribution is -2.28. The molecule has 0 fully saturated rings. The minimum Gasteiger partial charge on any atom is -0.497 e. The van der Waals surface area contributed by atoms with E-state index in [9.17, 15) is 4.79 Å². The zero-order valence-electron chi connectivity index (χ0n) is 15.9. The third-order valence-corrected chi connectivity index (χ3v) is 4.14. The lowest BCUT2D eigenvalue weighted by Gasteiger charge is -2.08. The molecule has 0 aliphatic carbocycles. The average Bonchev–Trinajstić information content (AvgIpc) is 3.04. The zero-order chi connectivity index (χ0) is 19.2. The number of hydrogen-bond donors (Lipinski definition) is 1. The second-order valence-corrected chi connectivity index (χ2v) is 6.71. The van der Waals surface area contributed by atoms with Gasteiger partial charge in [-0.3, -0.25) is 4.79 Å². The van der Waals surface area contributed by atoms with Gasteiger partial charge < -0.3 is 19.2 Å². The van der Waals surface area contributed by atoms with Crippen molar-refractivity contribution in [3.63, 3.8) is 0 Å². The zero-order valence-corrected chi connectivity index (χ0v) is 15.9. The molecule has 1 amide bonds. The Labute approximate surface area is 159 Å². The van der Waals surface area contributed by atoms with E-state index in [2.05, 4.69) is 24.1 Å². The second kappa shape index (κ2) is 8.58. The van der Waals surface area contributed by atoms with Crippen molar-refractivity contribution < 1.29 is 14.3 Å². The van der Waals surface area contributed by atoms with Gasteiger partial charge in [-0.2, -0.15) is 0 Å². The number of rotatable bonds is 8. The number of amides is 1. The van der Waals surface area contributed by atoms with Crippen LogP contribution in [0.4, 0.5) is 0 Å². The normalized spacial score (nSPS) is 11.0. The molecule has 0 saturated heterocycles. The molecule has 0 spiro atoms. The molecule has 142 valence electrons. The maximum Gasteiger partial charge on any atom is 0.272 e. The van der Waals surface area contributed by atoms with E-state index in [1.165, 1.54) is 0 Å². The van der Waals surface area contributed by atoms with Crippen LogP contribution < -0.4 is 14.8 Å². The van der Waals surface area contributed by atoms with Gasteiger partial charge >= 0.3 is 0 Å². The number of imidazole rings is 1. The number of hydrogen-bond acceptors (Lipinski definition) is 4. The van der Waals surface area contributed by atoms with E-state index in [-0.39, 0.29) is 5.91 Å². The van der Waals surface area contributed by atoms with Gasteiger partial charge in [-0.15, -0.1) is 0 Å². The summed E-state index contributed by atoms with van der Waals surface area (Å²) in [4.78, 5) is 17.2. The summed E-state index contributed by atoms with van der Waals surface area (Å²) in [6.45, 7) is 5.06. The molecule has 2 heterocycles. The highest BCUT2D eigenvalue weighted by Crippen LogP contribution is 2.17. The molecule has 3 rings (SSSR count). The first-order valence-electron chi connectivity index (χ1n) is 9.09. The summed E-state index contributed by atoms with van der Waals surface area (Å²) in [6.07, 6.45) is 2.77. The Kier molecular flexibility index (Phi) is 5.96. The van der Waals surface area contributed by atoms with Crippen LogP contribution in [0.3, 0.4) is 0 Å². The Hall–Kier alpha value is -3.02. The van der Waals surface area contributed by atoms with Gasteiger partial charge in [0, 0.05) is 12.6 Å². The molecule has 1 aromatic carbocycles. The van der Waals surface area contributed by atoms with Crippen molar-refractivity contribution in [3.05, 3.63) is 60.2 Å². The van der Waals surface area contributed by atoms with E-state index in [1.807, 2.05) is 53.1 Å². The number of benzene rings is 1. The molecule has 2 aromatic heterocycles. The third-order valence-electron chi connectivity index (χ3n) is 4.14. The van der Waals surface area contributed by atoms with Gasteiger partial charge in [-0.1, -0.05) is 19.9 Å². The van der Waals surface area contributed by atoms with E-state index < -0.39 is 0 Å². The van der Waals surface area contributed by atoms with Gasteiger partial charge in [0.1, 0.15) is 23.9 Å². The smallest absolute Gasteiger partial charge is 0.272 e. The number of methoxy groups -OCH3 is 1. The van der Waals surface area contributed by atoms with E-state index >= 15 is 0 Å². The van der Waals surface area contributed by atoms with Gasteiger partial charge in [0.15, 0.2) is 5.69 Å². The van der Waals surface area contributed by atoms with Crippen LogP contribution in [0, 0.1) is 5.92 Å². The molecule has 6 nitrogen and oxygen atoms in total.